The molecule has 2 aromatic carbocycles. The number of nitrogens with one attached hydrogen (secondary N) is 2. The van der Waals surface area contributed by atoms with E-state index in [1.807, 2.05) is 71.0 Å². The van der Waals surface area contributed by atoms with Crippen molar-refractivity contribution in [3.8, 4) is 0 Å². The first-order chi connectivity index (χ1) is 16.7. The highest BCUT2D eigenvalue weighted by atomic mass is 16.2. The average molecular weight is 476 g/mol. The Morgan fingerprint density at radius 1 is 1.00 bits per heavy atom. The lowest BCUT2D eigenvalue weighted by atomic mass is 9.87. The summed E-state index contributed by atoms with van der Waals surface area (Å²) < 4.78 is 0. The number of amides is 3. The predicted molar refractivity (Wildman–Crippen MR) is 137 cm³/mol. The molecule has 1 heterocycles. The first-order valence-corrected chi connectivity index (χ1v) is 12.7. The highest BCUT2D eigenvalue weighted by Gasteiger charge is 2.49. The monoisotopic (exact) mass is 475 g/mol. The minimum absolute atomic E-state index is 0.0295. The summed E-state index contributed by atoms with van der Waals surface area (Å²) in [6, 6.07) is 13.6. The molecule has 1 saturated heterocycles. The maximum Gasteiger partial charge on any atom is 0.247 e. The van der Waals surface area contributed by atoms with Crippen LogP contribution >= 0.6 is 0 Å². The van der Waals surface area contributed by atoms with Crippen LogP contribution in [0.1, 0.15) is 62.4 Å². The molecular weight excluding hydrogens is 438 g/mol. The molecular formula is C29H37N3O3. The number of fused-ring (bicyclic) bond motifs is 1. The second-order valence-electron chi connectivity index (χ2n) is 10.8. The smallest absolute Gasteiger partial charge is 0.247 e. The Balaban J connectivity index is 1.74. The van der Waals surface area contributed by atoms with Crippen LogP contribution < -0.4 is 10.6 Å². The Hall–Kier alpha value is -3.15. The van der Waals surface area contributed by atoms with Gasteiger partial charge in [-0.25, -0.2) is 0 Å². The number of piperazine rings is 1. The normalized spacial score (nSPS) is 21.3. The largest absolute Gasteiger partial charge is 0.352 e. The second kappa shape index (κ2) is 10.2. The molecule has 2 aliphatic rings. The second-order valence-corrected chi connectivity index (χ2v) is 10.8. The summed E-state index contributed by atoms with van der Waals surface area (Å²) in [5, 5.41) is 6.06. The maximum atomic E-state index is 14.2. The predicted octanol–water partition coefficient (Wildman–Crippen LogP) is 3.72. The Kier molecular flexibility index (Phi) is 7.29. The summed E-state index contributed by atoms with van der Waals surface area (Å²) in [6.45, 7) is 9.86. The molecule has 3 atom stereocenters. The van der Waals surface area contributed by atoms with Crippen molar-refractivity contribution in [2.24, 2.45) is 11.8 Å². The topological polar surface area (TPSA) is 78.5 Å². The molecule has 0 saturated carbocycles. The minimum atomic E-state index is -0.869. The van der Waals surface area contributed by atoms with Gasteiger partial charge in [-0.1, -0.05) is 67.9 Å². The number of rotatable bonds is 7. The van der Waals surface area contributed by atoms with E-state index < -0.39 is 18.1 Å². The van der Waals surface area contributed by atoms with Crippen molar-refractivity contribution in [3.63, 3.8) is 0 Å². The maximum absolute atomic E-state index is 14.2. The molecule has 0 radical (unpaired) electrons. The van der Waals surface area contributed by atoms with Crippen molar-refractivity contribution in [1.29, 1.82) is 0 Å². The first-order valence-electron chi connectivity index (χ1n) is 12.7. The molecule has 4 rings (SSSR count). The Bertz CT molecular complexity index is 1070. The average Bonchev–Trinajstić information content (AvgIpc) is 3.22. The molecule has 3 unspecified atom stereocenters. The quantitative estimate of drug-likeness (QED) is 0.641. The van der Waals surface area contributed by atoms with Crippen molar-refractivity contribution in [3.05, 3.63) is 70.8 Å². The van der Waals surface area contributed by atoms with E-state index in [9.17, 15) is 14.4 Å². The molecule has 0 spiro atoms. The van der Waals surface area contributed by atoms with Gasteiger partial charge in [0.05, 0.1) is 0 Å². The van der Waals surface area contributed by atoms with Crippen molar-refractivity contribution in [2.75, 3.05) is 0 Å². The van der Waals surface area contributed by atoms with Crippen molar-refractivity contribution >= 4 is 17.7 Å². The Labute approximate surface area is 208 Å². The zero-order chi connectivity index (χ0) is 25.3. The molecule has 6 heteroatoms. The molecule has 1 fully saturated rings. The summed E-state index contributed by atoms with van der Waals surface area (Å²) in [4.78, 5) is 42.9. The van der Waals surface area contributed by atoms with Crippen LogP contribution in [-0.2, 0) is 27.2 Å². The van der Waals surface area contributed by atoms with E-state index in [2.05, 4.69) is 22.8 Å². The van der Waals surface area contributed by atoms with E-state index in [-0.39, 0.29) is 35.6 Å². The first kappa shape index (κ1) is 25.0. The summed E-state index contributed by atoms with van der Waals surface area (Å²) in [5.41, 5.74) is 4.24. The third kappa shape index (κ3) is 5.26. The van der Waals surface area contributed by atoms with Crippen molar-refractivity contribution in [1.82, 2.24) is 15.5 Å². The minimum Gasteiger partial charge on any atom is -0.352 e. The van der Waals surface area contributed by atoms with E-state index in [0.29, 0.717) is 6.42 Å². The van der Waals surface area contributed by atoms with Gasteiger partial charge in [-0.3, -0.25) is 14.4 Å². The molecule has 0 bridgehead atoms. The molecule has 35 heavy (non-hydrogen) atoms. The SMILES string of the molecule is Cc1ccc(C(C(=O)NC(C)C)N2C(=O)C(C3Cc4ccccc4C3)NC(=O)C2CC(C)C)cc1. The highest BCUT2D eigenvalue weighted by molar-refractivity contribution is 6.00. The van der Waals surface area contributed by atoms with Gasteiger partial charge < -0.3 is 15.5 Å². The number of carbonyl (C=O) groups excluding carboxylic acids is 3. The summed E-state index contributed by atoms with van der Waals surface area (Å²) >= 11 is 0. The third-order valence-corrected chi connectivity index (χ3v) is 7.06. The molecule has 6 nitrogen and oxygen atoms in total. The lowest BCUT2D eigenvalue weighted by Gasteiger charge is -2.45. The molecule has 2 N–H and O–H groups in total. The van der Waals surface area contributed by atoms with E-state index in [1.54, 1.807) is 4.90 Å². The van der Waals surface area contributed by atoms with Crippen LogP contribution in [0, 0.1) is 18.8 Å². The fourth-order valence-electron chi connectivity index (χ4n) is 5.42. The summed E-state index contributed by atoms with van der Waals surface area (Å²) in [7, 11) is 0. The van der Waals surface area contributed by atoms with E-state index >= 15 is 0 Å². The zero-order valence-electron chi connectivity index (χ0n) is 21.4. The van der Waals surface area contributed by atoms with E-state index in [0.717, 1.165) is 24.0 Å². The van der Waals surface area contributed by atoms with Crippen LogP contribution in [-0.4, -0.2) is 40.7 Å². The molecule has 1 aliphatic heterocycles. The molecule has 186 valence electrons. The van der Waals surface area contributed by atoms with Gasteiger partial charge in [-0.05, 0) is 68.6 Å². The van der Waals surface area contributed by atoms with E-state index in [4.69, 9.17) is 0 Å². The van der Waals surface area contributed by atoms with Crippen LogP contribution in [0.5, 0.6) is 0 Å². The Morgan fingerprint density at radius 3 is 2.14 bits per heavy atom. The fourth-order valence-corrected chi connectivity index (χ4v) is 5.42. The van der Waals surface area contributed by atoms with Gasteiger partial charge in [0.15, 0.2) is 0 Å². The van der Waals surface area contributed by atoms with Crippen molar-refractivity contribution < 1.29 is 14.4 Å². The van der Waals surface area contributed by atoms with Gasteiger partial charge >= 0.3 is 0 Å². The van der Waals surface area contributed by atoms with Crippen molar-refractivity contribution in [2.45, 2.75) is 78.0 Å². The van der Waals surface area contributed by atoms with Gasteiger partial charge in [-0.2, -0.15) is 0 Å². The van der Waals surface area contributed by atoms with Gasteiger partial charge in [0.2, 0.25) is 17.7 Å². The number of aryl methyl sites for hydroxylation is 1. The third-order valence-electron chi connectivity index (χ3n) is 7.06. The lowest BCUT2D eigenvalue weighted by Crippen LogP contribution is -2.67. The van der Waals surface area contributed by atoms with Crippen LogP contribution in [0.25, 0.3) is 0 Å². The van der Waals surface area contributed by atoms with Gasteiger partial charge in [0.1, 0.15) is 18.1 Å². The number of hydrogen-bond donors (Lipinski definition) is 2. The standard InChI is InChI=1S/C29H37N3O3/c1-17(2)14-24-27(33)31-25(23-15-21-8-6-7-9-22(21)16-23)29(35)32(24)26(28(34)30-18(3)4)20-12-10-19(5)11-13-20/h6-13,17-18,23-26H,14-16H2,1-5H3,(H,30,34)(H,31,33). The number of hydrogen-bond acceptors (Lipinski definition) is 3. The number of nitrogens with zero attached hydrogens (tertiary/aromatic N) is 1. The Morgan fingerprint density at radius 2 is 1.60 bits per heavy atom. The van der Waals surface area contributed by atoms with Gasteiger partial charge in [0.25, 0.3) is 0 Å². The van der Waals surface area contributed by atoms with Gasteiger partial charge in [-0.15, -0.1) is 0 Å². The lowest BCUT2D eigenvalue weighted by molar-refractivity contribution is -0.158. The number of benzene rings is 2. The van der Waals surface area contributed by atoms with Crippen LogP contribution in [0.2, 0.25) is 0 Å². The number of carbonyl (C=O) groups is 3. The zero-order valence-corrected chi connectivity index (χ0v) is 21.4. The summed E-state index contributed by atoms with van der Waals surface area (Å²) in [6.07, 6.45) is 1.97. The van der Waals surface area contributed by atoms with Crippen LogP contribution in [0.4, 0.5) is 0 Å². The summed E-state index contributed by atoms with van der Waals surface area (Å²) in [5.74, 6) is -0.446. The van der Waals surface area contributed by atoms with E-state index in [1.165, 1.54) is 11.1 Å². The fraction of sp³-hybridized carbons (Fsp3) is 0.483. The van der Waals surface area contributed by atoms with Crippen LogP contribution in [0.15, 0.2) is 48.5 Å². The molecule has 3 amide bonds. The molecule has 1 aliphatic carbocycles. The van der Waals surface area contributed by atoms with Gasteiger partial charge in [0, 0.05) is 6.04 Å². The van der Waals surface area contributed by atoms with Crippen LogP contribution in [0.3, 0.4) is 0 Å². The molecule has 0 aromatic heterocycles. The molecule has 2 aromatic rings. The highest BCUT2D eigenvalue weighted by Crippen LogP contribution is 2.35.